The van der Waals surface area contributed by atoms with Crippen LogP contribution in [0.15, 0.2) is 103 Å². The minimum atomic E-state index is -3.80. The van der Waals surface area contributed by atoms with Gasteiger partial charge in [-0.25, -0.2) is 0 Å². The highest BCUT2D eigenvalue weighted by atomic mass is 19.3. The number of halogens is 2. The van der Waals surface area contributed by atoms with Crippen LogP contribution in [0.5, 0.6) is 17.2 Å². The summed E-state index contributed by atoms with van der Waals surface area (Å²) in [5.41, 5.74) is 7.71. The van der Waals surface area contributed by atoms with Crippen LogP contribution in [0.2, 0.25) is 0 Å². The van der Waals surface area contributed by atoms with Gasteiger partial charge in [-0.15, -0.1) is 8.78 Å². The summed E-state index contributed by atoms with van der Waals surface area (Å²) in [6, 6.07) is 30.5. The Kier molecular flexibility index (Phi) is 7.08. The molecule has 0 amide bonds. The number of nitrogen functional groups attached to an aromatic ring is 1. The van der Waals surface area contributed by atoms with Gasteiger partial charge in [-0.2, -0.15) is 0 Å². The van der Waals surface area contributed by atoms with Gasteiger partial charge in [0.2, 0.25) is 0 Å². The summed E-state index contributed by atoms with van der Waals surface area (Å²) in [6.07, 6.45) is -3.80. The first-order valence-corrected chi connectivity index (χ1v) is 12.2. The monoisotopic (exact) mass is 532 g/mol. The molecule has 0 radical (unpaired) electrons. The highest BCUT2D eigenvalue weighted by molar-refractivity contribution is 5.76. The molecule has 9 heteroatoms. The van der Waals surface area contributed by atoms with Crippen molar-refractivity contribution in [1.82, 2.24) is 5.32 Å². The van der Waals surface area contributed by atoms with Crippen LogP contribution in [0, 0.1) is 0 Å². The smallest absolute Gasteiger partial charge is 0.489 e. The van der Waals surface area contributed by atoms with Crippen molar-refractivity contribution in [2.75, 3.05) is 19.5 Å². The average molecular weight is 533 g/mol. The zero-order valence-electron chi connectivity index (χ0n) is 21.0. The first-order chi connectivity index (χ1) is 18.8. The van der Waals surface area contributed by atoms with E-state index in [-0.39, 0.29) is 29.5 Å². The summed E-state index contributed by atoms with van der Waals surface area (Å²) in [7, 11) is 1.28. The Hall–Kier alpha value is -4.63. The molecule has 0 saturated heterocycles. The quantitative estimate of drug-likeness (QED) is 0.176. The predicted octanol–water partition coefficient (Wildman–Crippen LogP) is 5.09. The van der Waals surface area contributed by atoms with Crippen LogP contribution in [-0.4, -0.2) is 32.0 Å². The first-order valence-electron chi connectivity index (χ1n) is 12.2. The second-order valence-corrected chi connectivity index (χ2v) is 8.88. The van der Waals surface area contributed by atoms with Crippen molar-refractivity contribution in [1.29, 1.82) is 0 Å². The third-order valence-electron chi connectivity index (χ3n) is 6.44. The normalized spacial score (nSPS) is 14.4. The van der Waals surface area contributed by atoms with Crippen molar-refractivity contribution < 1.29 is 32.5 Å². The number of hydrogen-bond acceptors (Lipinski definition) is 7. The van der Waals surface area contributed by atoms with E-state index in [2.05, 4.69) is 14.8 Å². The molecule has 1 aliphatic rings. The number of esters is 1. The van der Waals surface area contributed by atoms with Gasteiger partial charge < -0.3 is 24.7 Å². The second kappa shape index (κ2) is 10.6. The molecule has 39 heavy (non-hydrogen) atoms. The van der Waals surface area contributed by atoms with E-state index in [1.165, 1.54) is 19.2 Å². The Labute approximate surface area is 224 Å². The minimum absolute atomic E-state index is 0.0408. The molecule has 0 bridgehead atoms. The maximum absolute atomic E-state index is 13.5. The van der Waals surface area contributed by atoms with Gasteiger partial charge in [0.15, 0.2) is 11.5 Å². The fourth-order valence-electron chi connectivity index (χ4n) is 4.68. The largest absolute Gasteiger partial charge is 0.586 e. The Morgan fingerprint density at radius 1 is 0.872 bits per heavy atom. The van der Waals surface area contributed by atoms with Gasteiger partial charge in [0.25, 0.3) is 0 Å². The number of ether oxygens (including phenoxy) is 4. The van der Waals surface area contributed by atoms with Crippen molar-refractivity contribution >= 4 is 11.7 Å². The minimum Gasteiger partial charge on any atom is -0.489 e. The number of hydrogen-bond donors (Lipinski definition) is 2. The highest BCUT2D eigenvalue weighted by Gasteiger charge is 2.44. The number of methoxy groups -OCH3 is 1. The van der Waals surface area contributed by atoms with E-state index in [0.29, 0.717) is 0 Å². The topological polar surface area (TPSA) is 92.0 Å². The summed E-state index contributed by atoms with van der Waals surface area (Å²) in [4.78, 5) is 13.1. The van der Waals surface area contributed by atoms with Crippen LogP contribution < -0.4 is 25.3 Å². The lowest BCUT2D eigenvalue weighted by molar-refractivity contribution is -0.286. The molecule has 1 unspecified atom stereocenters. The molecule has 0 spiro atoms. The maximum Gasteiger partial charge on any atom is 0.586 e. The van der Waals surface area contributed by atoms with Crippen molar-refractivity contribution in [2.24, 2.45) is 0 Å². The lowest BCUT2D eigenvalue weighted by atomic mass is 9.76. The van der Waals surface area contributed by atoms with Crippen LogP contribution in [0.3, 0.4) is 0 Å². The van der Waals surface area contributed by atoms with Crippen molar-refractivity contribution in [2.45, 2.75) is 17.9 Å². The third-order valence-corrected chi connectivity index (χ3v) is 6.44. The summed E-state index contributed by atoms with van der Waals surface area (Å²) in [5, 5.41) is 3.51. The SMILES string of the molecule is COC(=O)C(COc1cc2c(cc1N)OC(F)(F)O2)NC(c1ccccc1)(c1ccccc1)c1ccccc1. The first kappa shape index (κ1) is 26.0. The van der Waals surface area contributed by atoms with Crippen LogP contribution >= 0.6 is 0 Å². The van der Waals surface area contributed by atoms with Gasteiger partial charge in [-0.05, 0) is 16.7 Å². The molecule has 0 aromatic heterocycles. The highest BCUT2D eigenvalue weighted by Crippen LogP contribution is 2.45. The predicted molar refractivity (Wildman–Crippen MR) is 141 cm³/mol. The molecule has 1 atom stereocenters. The van der Waals surface area contributed by atoms with Crippen molar-refractivity contribution in [3.05, 3.63) is 120 Å². The molecule has 0 saturated carbocycles. The molecule has 7 nitrogen and oxygen atoms in total. The number of nitrogens with two attached hydrogens (primary N) is 1. The van der Waals surface area contributed by atoms with Gasteiger partial charge in [-0.1, -0.05) is 91.0 Å². The van der Waals surface area contributed by atoms with E-state index in [9.17, 15) is 13.6 Å². The molecular weight excluding hydrogens is 506 g/mol. The molecule has 4 aromatic carbocycles. The number of rotatable bonds is 9. The van der Waals surface area contributed by atoms with Crippen LogP contribution in [0.4, 0.5) is 14.5 Å². The summed E-state index contributed by atoms with van der Waals surface area (Å²) >= 11 is 0. The molecule has 5 rings (SSSR count). The van der Waals surface area contributed by atoms with Gasteiger partial charge in [0.1, 0.15) is 18.4 Å². The summed E-state index contributed by atoms with van der Waals surface area (Å²) in [5.74, 6) is -0.966. The lowest BCUT2D eigenvalue weighted by Crippen LogP contribution is -2.55. The summed E-state index contributed by atoms with van der Waals surface area (Å²) in [6.45, 7) is -0.235. The molecule has 0 aliphatic carbocycles. The second-order valence-electron chi connectivity index (χ2n) is 8.88. The van der Waals surface area contributed by atoms with E-state index in [4.69, 9.17) is 15.2 Å². The molecule has 1 heterocycles. The Morgan fingerprint density at radius 2 is 1.33 bits per heavy atom. The van der Waals surface area contributed by atoms with Crippen LogP contribution in [0.1, 0.15) is 16.7 Å². The number of carbonyl (C=O) groups excluding carboxylic acids is 1. The van der Waals surface area contributed by atoms with Crippen LogP contribution in [-0.2, 0) is 15.1 Å². The zero-order chi connectivity index (χ0) is 27.5. The fourth-order valence-corrected chi connectivity index (χ4v) is 4.68. The van der Waals surface area contributed by atoms with E-state index < -0.39 is 23.8 Å². The zero-order valence-corrected chi connectivity index (χ0v) is 21.0. The van der Waals surface area contributed by atoms with Gasteiger partial charge in [-0.3, -0.25) is 10.1 Å². The summed E-state index contributed by atoms with van der Waals surface area (Å²) < 4.78 is 47.1. The Balaban J connectivity index is 1.55. The Morgan fingerprint density at radius 3 is 1.79 bits per heavy atom. The fraction of sp³-hybridized carbons (Fsp3) is 0.167. The molecule has 1 aliphatic heterocycles. The van der Waals surface area contributed by atoms with Gasteiger partial charge in [0, 0.05) is 12.1 Å². The number of benzene rings is 4. The van der Waals surface area contributed by atoms with E-state index in [1.54, 1.807) is 0 Å². The number of anilines is 1. The molecular formula is C30H26F2N2O5. The standard InChI is InChI=1S/C30H26F2N2O5/c1-36-28(35)24(19-37-25-18-27-26(17-23(25)33)38-30(31,32)39-27)34-29(20-11-5-2-6-12-20,21-13-7-3-8-14-21)22-15-9-4-10-16-22/h2-18,24,34H,19,33H2,1H3. The third kappa shape index (κ3) is 5.21. The van der Waals surface area contributed by atoms with Gasteiger partial charge >= 0.3 is 12.3 Å². The van der Waals surface area contributed by atoms with Crippen molar-refractivity contribution in [3.63, 3.8) is 0 Å². The van der Waals surface area contributed by atoms with E-state index >= 15 is 0 Å². The Bertz CT molecular complexity index is 1340. The molecule has 200 valence electrons. The number of fused-ring (bicyclic) bond motifs is 1. The number of alkyl halides is 2. The number of nitrogens with one attached hydrogen (secondary N) is 1. The van der Waals surface area contributed by atoms with E-state index in [1.807, 2.05) is 91.0 Å². The maximum atomic E-state index is 13.5. The molecule has 3 N–H and O–H groups in total. The van der Waals surface area contributed by atoms with E-state index in [0.717, 1.165) is 16.7 Å². The average Bonchev–Trinajstić information content (AvgIpc) is 3.26. The molecule has 0 fully saturated rings. The molecule has 4 aromatic rings. The van der Waals surface area contributed by atoms with Crippen LogP contribution in [0.25, 0.3) is 0 Å². The lowest BCUT2D eigenvalue weighted by Gasteiger charge is -2.39. The van der Waals surface area contributed by atoms with Gasteiger partial charge in [0.05, 0.1) is 18.3 Å². The number of carbonyl (C=O) groups is 1. The van der Waals surface area contributed by atoms with Crippen molar-refractivity contribution in [3.8, 4) is 17.2 Å².